The van der Waals surface area contributed by atoms with Gasteiger partial charge >= 0.3 is 0 Å². The standard InChI is InChI=1S/C24H25N5O5S/c1-3-29(4-2)24-28-23(33)19(35-24)12-20(30)25-15-7-5-6-14(10-15)22(32)26-16-8-9-18-17(11-16)27-21(31)13-34-18/h5-11,19H,3-4,12-13H2,1-2H3,(H,25,30)(H,26,32)(H,27,31). The third-order valence-corrected chi connectivity index (χ3v) is 6.63. The number of fused-ring (bicyclic) bond motifs is 1. The van der Waals surface area contributed by atoms with Crippen molar-refractivity contribution in [2.45, 2.75) is 25.5 Å². The SMILES string of the molecule is CCN(CC)C1=NC(=O)C(CC(=O)Nc2cccc(C(=O)Nc3ccc4c(c3)NC(=O)CO4)c2)S1. The van der Waals surface area contributed by atoms with Crippen LogP contribution in [0.3, 0.4) is 0 Å². The summed E-state index contributed by atoms with van der Waals surface area (Å²) < 4.78 is 5.32. The topological polar surface area (TPSA) is 129 Å². The van der Waals surface area contributed by atoms with Gasteiger partial charge in [-0.25, -0.2) is 0 Å². The van der Waals surface area contributed by atoms with E-state index in [4.69, 9.17) is 4.74 Å². The van der Waals surface area contributed by atoms with Gasteiger partial charge in [0.15, 0.2) is 11.8 Å². The van der Waals surface area contributed by atoms with Gasteiger partial charge in [0, 0.05) is 36.4 Å². The Morgan fingerprint density at radius 1 is 1.11 bits per heavy atom. The molecule has 0 radical (unpaired) electrons. The maximum Gasteiger partial charge on any atom is 0.262 e. The lowest BCUT2D eigenvalue weighted by atomic mass is 10.1. The number of carbonyl (C=O) groups is 4. The quantitative estimate of drug-likeness (QED) is 0.539. The second kappa shape index (κ2) is 10.6. The number of ether oxygens (including phenoxy) is 1. The Morgan fingerprint density at radius 2 is 1.89 bits per heavy atom. The van der Waals surface area contributed by atoms with Gasteiger partial charge in [-0.05, 0) is 50.2 Å². The molecule has 0 spiro atoms. The number of carbonyl (C=O) groups excluding carboxylic acids is 4. The normalized spacial score (nSPS) is 16.5. The molecule has 11 heteroatoms. The van der Waals surface area contributed by atoms with Crippen molar-refractivity contribution in [3.8, 4) is 5.75 Å². The zero-order valence-electron chi connectivity index (χ0n) is 19.3. The summed E-state index contributed by atoms with van der Waals surface area (Å²) in [5.74, 6) is -0.775. The lowest BCUT2D eigenvalue weighted by Crippen LogP contribution is -2.27. The maximum atomic E-state index is 12.8. The van der Waals surface area contributed by atoms with Gasteiger partial charge in [-0.3, -0.25) is 19.2 Å². The van der Waals surface area contributed by atoms with Crippen LogP contribution in [0.4, 0.5) is 17.1 Å². The van der Waals surface area contributed by atoms with Crippen LogP contribution in [0.25, 0.3) is 0 Å². The highest BCUT2D eigenvalue weighted by Crippen LogP contribution is 2.31. The third kappa shape index (κ3) is 5.80. The number of amides is 4. The summed E-state index contributed by atoms with van der Waals surface area (Å²) in [6, 6.07) is 11.4. The Bertz CT molecular complexity index is 1210. The van der Waals surface area contributed by atoms with Gasteiger partial charge in [0.05, 0.1) is 5.69 Å². The molecule has 1 unspecified atom stereocenters. The van der Waals surface area contributed by atoms with E-state index in [-0.39, 0.29) is 36.7 Å². The first-order chi connectivity index (χ1) is 16.9. The molecule has 2 aliphatic heterocycles. The van der Waals surface area contributed by atoms with Crippen LogP contribution in [0.5, 0.6) is 5.75 Å². The zero-order chi connectivity index (χ0) is 24.9. The predicted octanol–water partition coefficient (Wildman–Crippen LogP) is 2.94. The highest BCUT2D eigenvalue weighted by molar-refractivity contribution is 8.15. The minimum Gasteiger partial charge on any atom is -0.482 e. The minimum atomic E-state index is -0.564. The van der Waals surface area contributed by atoms with E-state index in [1.165, 1.54) is 11.8 Å². The Balaban J connectivity index is 1.35. The summed E-state index contributed by atoms with van der Waals surface area (Å²) in [6.45, 7) is 5.39. The van der Waals surface area contributed by atoms with Crippen LogP contribution in [0.2, 0.25) is 0 Å². The Morgan fingerprint density at radius 3 is 2.66 bits per heavy atom. The van der Waals surface area contributed by atoms with E-state index in [2.05, 4.69) is 20.9 Å². The average Bonchev–Trinajstić information content (AvgIpc) is 3.19. The first-order valence-corrected chi connectivity index (χ1v) is 12.1. The van der Waals surface area contributed by atoms with E-state index < -0.39 is 5.25 Å². The Kier molecular flexibility index (Phi) is 7.35. The molecule has 0 fully saturated rings. The average molecular weight is 496 g/mol. The number of nitrogens with one attached hydrogen (secondary N) is 3. The molecular weight excluding hydrogens is 470 g/mol. The number of rotatable bonds is 7. The molecule has 2 aromatic carbocycles. The molecule has 3 N–H and O–H groups in total. The lowest BCUT2D eigenvalue weighted by molar-refractivity contribution is -0.121. The second-order valence-electron chi connectivity index (χ2n) is 7.85. The van der Waals surface area contributed by atoms with Crippen molar-refractivity contribution in [1.82, 2.24) is 4.90 Å². The van der Waals surface area contributed by atoms with Gasteiger partial charge < -0.3 is 25.6 Å². The number of hydrogen-bond donors (Lipinski definition) is 3. The van der Waals surface area contributed by atoms with Gasteiger partial charge in [0.25, 0.3) is 17.7 Å². The van der Waals surface area contributed by atoms with Crippen molar-refractivity contribution in [3.05, 3.63) is 48.0 Å². The number of thioether (sulfide) groups is 1. The summed E-state index contributed by atoms with van der Waals surface area (Å²) in [5.41, 5.74) is 1.73. The van der Waals surface area contributed by atoms with Crippen LogP contribution >= 0.6 is 11.8 Å². The fourth-order valence-electron chi connectivity index (χ4n) is 3.62. The van der Waals surface area contributed by atoms with E-state index in [1.54, 1.807) is 42.5 Å². The van der Waals surface area contributed by atoms with Gasteiger partial charge in [-0.15, -0.1) is 0 Å². The number of aliphatic imine (C=N–C) groups is 1. The summed E-state index contributed by atoms with van der Waals surface area (Å²) >= 11 is 1.30. The van der Waals surface area contributed by atoms with Crippen LogP contribution in [-0.4, -0.2) is 58.6 Å². The van der Waals surface area contributed by atoms with E-state index in [0.717, 1.165) is 13.1 Å². The Hall–Kier alpha value is -3.86. The molecule has 10 nitrogen and oxygen atoms in total. The molecule has 0 aromatic heterocycles. The molecule has 0 saturated heterocycles. The molecule has 182 valence electrons. The molecule has 2 aliphatic rings. The van der Waals surface area contributed by atoms with Crippen LogP contribution in [0.15, 0.2) is 47.5 Å². The molecule has 35 heavy (non-hydrogen) atoms. The second-order valence-corrected chi connectivity index (χ2v) is 9.02. The number of anilines is 3. The largest absolute Gasteiger partial charge is 0.482 e. The van der Waals surface area contributed by atoms with Crippen molar-refractivity contribution >= 4 is 57.6 Å². The number of amidine groups is 1. The van der Waals surface area contributed by atoms with E-state index >= 15 is 0 Å². The fraction of sp³-hybridized carbons (Fsp3) is 0.292. The van der Waals surface area contributed by atoms with Gasteiger partial charge in [0.2, 0.25) is 5.91 Å². The van der Waals surface area contributed by atoms with E-state index in [9.17, 15) is 19.2 Å². The summed E-state index contributed by atoms with van der Waals surface area (Å²) in [4.78, 5) is 55.1. The summed E-state index contributed by atoms with van der Waals surface area (Å²) in [6.07, 6.45) is -0.0168. The summed E-state index contributed by atoms with van der Waals surface area (Å²) in [5, 5.41) is 8.29. The van der Waals surface area contributed by atoms with Crippen molar-refractivity contribution < 1.29 is 23.9 Å². The number of benzene rings is 2. The van der Waals surface area contributed by atoms with Crippen molar-refractivity contribution in [2.24, 2.45) is 4.99 Å². The molecule has 4 rings (SSSR count). The summed E-state index contributed by atoms with van der Waals surface area (Å²) in [7, 11) is 0. The molecule has 2 aromatic rings. The first-order valence-electron chi connectivity index (χ1n) is 11.2. The molecular formula is C24H25N5O5S. The molecule has 2 heterocycles. The van der Waals surface area contributed by atoms with Crippen molar-refractivity contribution in [1.29, 1.82) is 0 Å². The molecule has 1 atom stereocenters. The highest BCUT2D eigenvalue weighted by atomic mass is 32.2. The minimum absolute atomic E-state index is 0.0168. The molecule has 0 saturated carbocycles. The monoisotopic (exact) mass is 495 g/mol. The highest BCUT2D eigenvalue weighted by Gasteiger charge is 2.32. The third-order valence-electron chi connectivity index (χ3n) is 5.41. The molecule has 4 amide bonds. The molecule has 0 bridgehead atoms. The van der Waals surface area contributed by atoms with E-state index in [1.807, 2.05) is 18.7 Å². The Labute approximate surface area is 206 Å². The van der Waals surface area contributed by atoms with Crippen molar-refractivity contribution in [3.63, 3.8) is 0 Å². The fourth-order valence-corrected chi connectivity index (χ4v) is 4.81. The van der Waals surface area contributed by atoms with Crippen molar-refractivity contribution in [2.75, 3.05) is 35.6 Å². The smallest absolute Gasteiger partial charge is 0.262 e. The maximum absolute atomic E-state index is 12.8. The van der Waals surface area contributed by atoms with Gasteiger partial charge in [-0.1, -0.05) is 17.8 Å². The first kappa shape index (κ1) is 24.3. The van der Waals surface area contributed by atoms with Crippen LogP contribution in [0.1, 0.15) is 30.6 Å². The number of hydrogen-bond acceptors (Lipinski definition) is 7. The van der Waals surface area contributed by atoms with Crippen LogP contribution < -0.4 is 20.7 Å². The van der Waals surface area contributed by atoms with E-state index in [0.29, 0.717) is 33.5 Å². The van der Waals surface area contributed by atoms with Gasteiger partial charge in [-0.2, -0.15) is 4.99 Å². The zero-order valence-corrected chi connectivity index (χ0v) is 20.1. The molecule has 0 aliphatic carbocycles. The number of nitrogens with zero attached hydrogens (tertiary/aromatic N) is 2. The predicted molar refractivity (Wildman–Crippen MR) is 135 cm³/mol. The van der Waals surface area contributed by atoms with Crippen LogP contribution in [0, 0.1) is 0 Å². The van der Waals surface area contributed by atoms with Crippen LogP contribution in [-0.2, 0) is 14.4 Å². The van der Waals surface area contributed by atoms with Gasteiger partial charge in [0.1, 0.15) is 11.0 Å². The lowest BCUT2D eigenvalue weighted by Gasteiger charge is -2.19.